The van der Waals surface area contributed by atoms with Crippen molar-refractivity contribution in [1.82, 2.24) is 5.43 Å². The van der Waals surface area contributed by atoms with Crippen molar-refractivity contribution in [2.45, 2.75) is 33.1 Å². The largest absolute Gasteiger partial charge is 0.273 e. The van der Waals surface area contributed by atoms with E-state index in [9.17, 15) is 4.79 Å². The van der Waals surface area contributed by atoms with Crippen LogP contribution in [-0.4, -0.2) is 11.6 Å². The molecule has 0 saturated heterocycles. The van der Waals surface area contributed by atoms with E-state index < -0.39 is 0 Å². The fourth-order valence-electron chi connectivity index (χ4n) is 2.92. The standard InChI is InChI=1S/C19H20N2O/c1-3-14-6-4-5-7-17(14)16-9-8-15(12-13(16)2)18-10-11-19(22)21-20-18/h4-9,12H,3,10-11H2,1-2H3,(H,21,22). The average Bonchev–Trinajstić information content (AvgIpc) is 2.55. The van der Waals surface area contributed by atoms with E-state index in [4.69, 9.17) is 0 Å². The van der Waals surface area contributed by atoms with Gasteiger partial charge in [0, 0.05) is 12.8 Å². The Morgan fingerprint density at radius 3 is 2.59 bits per heavy atom. The maximum atomic E-state index is 11.2. The number of aryl methyl sites for hydroxylation is 2. The van der Waals surface area contributed by atoms with Crippen molar-refractivity contribution in [2.75, 3.05) is 0 Å². The van der Waals surface area contributed by atoms with Gasteiger partial charge in [-0.2, -0.15) is 5.10 Å². The second-order valence-corrected chi connectivity index (χ2v) is 5.63. The molecule has 22 heavy (non-hydrogen) atoms. The van der Waals surface area contributed by atoms with Crippen LogP contribution in [0.3, 0.4) is 0 Å². The van der Waals surface area contributed by atoms with Crippen LogP contribution in [0.4, 0.5) is 0 Å². The molecule has 3 nitrogen and oxygen atoms in total. The summed E-state index contributed by atoms with van der Waals surface area (Å²) >= 11 is 0. The van der Waals surface area contributed by atoms with Gasteiger partial charge in [0.2, 0.25) is 5.91 Å². The number of hydrogen-bond acceptors (Lipinski definition) is 2. The Morgan fingerprint density at radius 2 is 1.91 bits per heavy atom. The third-order valence-corrected chi connectivity index (χ3v) is 4.15. The van der Waals surface area contributed by atoms with Gasteiger partial charge in [0.1, 0.15) is 0 Å². The minimum Gasteiger partial charge on any atom is -0.273 e. The Balaban J connectivity index is 1.98. The number of nitrogens with zero attached hydrogens (tertiary/aromatic N) is 1. The topological polar surface area (TPSA) is 41.5 Å². The molecule has 0 fully saturated rings. The van der Waals surface area contributed by atoms with E-state index in [1.807, 2.05) is 0 Å². The summed E-state index contributed by atoms with van der Waals surface area (Å²) in [7, 11) is 0. The van der Waals surface area contributed by atoms with Gasteiger partial charge in [-0.3, -0.25) is 4.79 Å². The molecular weight excluding hydrogens is 272 g/mol. The van der Waals surface area contributed by atoms with Crippen LogP contribution in [0.5, 0.6) is 0 Å². The number of carbonyl (C=O) groups is 1. The van der Waals surface area contributed by atoms with Crippen molar-refractivity contribution in [3.8, 4) is 11.1 Å². The van der Waals surface area contributed by atoms with Crippen LogP contribution in [0.1, 0.15) is 36.5 Å². The van der Waals surface area contributed by atoms with Crippen LogP contribution in [0.25, 0.3) is 11.1 Å². The molecule has 112 valence electrons. The minimum atomic E-state index is -0.00559. The van der Waals surface area contributed by atoms with Crippen LogP contribution in [-0.2, 0) is 11.2 Å². The second-order valence-electron chi connectivity index (χ2n) is 5.63. The summed E-state index contributed by atoms with van der Waals surface area (Å²) in [5.41, 5.74) is 9.77. The van der Waals surface area contributed by atoms with Crippen molar-refractivity contribution in [3.05, 3.63) is 59.2 Å². The highest BCUT2D eigenvalue weighted by Crippen LogP contribution is 2.28. The van der Waals surface area contributed by atoms with E-state index in [-0.39, 0.29) is 5.91 Å². The number of hydrazone groups is 1. The van der Waals surface area contributed by atoms with Gasteiger partial charge in [-0.25, -0.2) is 5.43 Å². The van der Waals surface area contributed by atoms with Crippen LogP contribution in [0.2, 0.25) is 0 Å². The van der Waals surface area contributed by atoms with E-state index >= 15 is 0 Å². The lowest BCUT2D eigenvalue weighted by molar-refractivity contribution is -0.121. The molecule has 0 aliphatic carbocycles. The number of benzene rings is 2. The Morgan fingerprint density at radius 1 is 1.09 bits per heavy atom. The predicted molar refractivity (Wildman–Crippen MR) is 89.9 cm³/mol. The Labute approximate surface area is 131 Å². The first-order valence-corrected chi connectivity index (χ1v) is 7.73. The van der Waals surface area contributed by atoms with E-state index in [1.54, 1.807) is 0 Å². The molecule has 0 atom stereocenters. The zero-order valence-electron chi connectivity index (χ0n) is 13.0. The van der Waals surface area contributed by atoms with Gasteiger partial charge in [0.15, 0.2) is 0 Å². The normalized spacial score (nSPS) is 14.5. The smallest absolute Gasteiger partial charge is 0.240 e. The Kier molecular flexibility index (Phi) is 4.05. The molecule has 0 aromatic heterocycles. The average molecular weight is 292 g/mol. The van der Waals surface area contributed by atoms with E-state index in [0.29, 0.717) is 12.8 Å². The van der Waals surface area contributed by atoms with E-state index in [1.165, 1.54) is 22.3 Å². The van der Waals surface area contributed by atoms with Crippen molar-refractivity contribution < 1.29 is 4.79 Å². The molecular formula is C19H20N2O. The summed E-state index contributed by atoms with van der Waals surface area (Å²) in [5.74, 6) is -0.00559. The molecule has 2 aromatic carbocycles. The molecule has 0 unspecified atom stereocenters. The van der Waals surface area contributed by atoms with Crippen LogP contribution < -0.4 is 5.43 Å². The lowest BCUT2D eigenvalue weighted by atomic mass is 9.92. The van der Waals surface area contributed by atoms with Crippen LogP contribution in [0, 0.1) is 6.92 Å². The lowest BCUT2D eigenvalue weighted by Gasteiger charge is -2.15. The summed E-state index contributed by atoms with van der Waals surface area (Å²) in [4.78, 5) is 11.2. The molecule has 0 bridgehead atoms. The Bertz CT molecular complexity index is 747. The third kappa shape index (κ3) is 2.80. The maximum Gasteiger partial charge on any atom is 0.240 e. The van der Waals surface area contributed by atoms with Gasteiger partial charge >= 0.3 is 0 Å². The van der Waals surface area contributed by atoms with Gasteiger partial charge in [-0.15, -0.1) is 0 Å². The molecule has 0 saturated carbocycles. The highest BCUT2D eigenvalue weighted by Gasteiger charge is 2.14. The van der Waals surface area contributed by atoms with Crippen molar-refractivity contribution in [1.29, 1.82) is 0 Å². The molecule has 1 aliphatic rings. The molecule has 1 N–H and O–H groups in total. The summed E-state index contributed by atoms with van der Waals surface area (Å²) in [5, 5.41) is 4.18. The fraction of sp³-hybridized carbons (Fsp3) is 0.263. The van der Waals surface area contributed by atoms with Crippen molar-refractivity contribution >= 4 is 11.6 Å². The summed E-state index contributed by atoms with van der Waals surface area (Å²) < 4.78 is 0. The highest BCUT2D eigenvalue weighted by atomic mass is 16.2. The second kappa shape index (κ2) is 6.14. The number of carbonyl (C=O) groups excluding carboxylic acids is 1. The van der Waals surface area contributed by atoms with Gasteiger partial charge < -0.3 is 0 Å². The predicted octanol–water partition coefficient (Wildman–Crippen LogP) is 3.84. The first kappa shape index (κ1) is 14.5. The monoisotopic (exact) mass is 292 g/mol. The van der Waals surface area contributed by atoms with Gasteiger partial charge in [-0.05, 0) is 47.2 Å². The quantitative estimate of drug-likeness (QED) is 0.917. The van der Waals surface area contributed by atoms with Crippen molar-refractivity contribution in [2.24, 2.45) is 5.10 Å². The summed E-state index contributed by atoms with van der Waals surface area (Å²) in [6.07, 6.45) is 2.24. The molecule has 1 heterocycles. The molecule has 0 spiro atoms. The molecule has 1 amide bonds. The molecule has 2 aromatic rings. The number of nitrogens with one attached hydrogen (secondary N) is 1. The number of amides is 1. The SMILES string of the molecule is CCc1ccccc1-c1ccc(C2=NNC(=O)CC2)cc1C. The number of rotatable bonds is 3. The zero-order valence-corrected chi connectivity index (χ0v) is 13.0. The summed E-state index contributed by atoms with van der Waals surface area (Å²) in [6.45, 7) is 4.31. The Hall–Kier alpha value is -2.42. The highest BCUT2D eigenvalue weighted by molar-refractivity contribution is 6.04. The molecule has 0 radical (unpaired) electrons. The van der Waals surface area contributed by atoms with E-state index in [2.05, 4.69) is 66.8 Å². The first-order chi connectivity index (χ1) is 10.7. The van der Waals surface area contributed by atoms with Gasteiger partial charge in [0.05, 0.1) is 5.71 Å². The lowest BCUT2D eigenvalue weighted by Crippen LogP contribution is -2.25. The first-order valence-electron chi connectivity index (χ1n) is 7.73. The summed E-state index contributed by atoms with van der Waals surface area (Å²) in [6, 6.07) is 15.0. The molecule has 3 rings (SSSR count). The number of hydrogen-bond donors (Lipinski definition) is 1. The van der Waals surface area contributed by atoms with Crippen LogP contribution >= 0.6 is 0 Å². The molecule has 3 heteroatoms. The van der Waals surface area contributed by atoms with Crippen molar-refractivity contribution in [3.63, 3.8) is 0 Å². The maximum absolute atomic E-state index is 11.2. The van der Waals surface area contributed by atoms with E-state index in [0.717, 1.165) is 17.7 Å². The third-order valence-electron chi connectivity index (χ3n) is 4.15. The van der Waals surface area contributed by atoms with Gasteiger partial charge in [0.25, 0.3) is 0 Å². The minimum absolute atomic E-state index is 0.00559. The fourth-order valence-corrected chi connectivity index (χ4v) is 2.92. The van der Waals surface area contributed by atoms with Crippen LogP contribution in [0.15, 0.2) is 47.6 Å². The zero-order chi connectivity index (χ0) is 15.5. The van der Waals surface area contributed by atoms with Gasteiger partial charge in [-0.1, -0.05) is 43.3 Å². The molecule has 1 aliphatic heterocycles.